The molecule has 3 rings (SSSR count). The molecule has 2 heterocycles. The van der Waals surface area contributed by atoms with Gasteiger partial charge in [0.1, 0.15) is 17.2 Å². The first-order chi connectivity index (χ1) is 12.4. The van der Waals surface area contributed by atoms with E-state index in [4.69, 9.17) is 4.74 Å². The standard InChI is InChI=1S/C17H16N2O6S/c1-25-11-8-26-16-13(15(22)19(16)14(11)17(23)24)18-12(21)7-10(20)9-5-3-2-4-6-9/h2-6,13,16H,7-8H2,1H3,(H,18,21)(H,23,24)/t13-,16-/m1/s1. The van der Waals surface area contributed by atoms with Crippen molar-refractivity contribution in [1.29, 1.82) is 0 Å². The quantitative estimate of drug-likeness (QED) is 0.425. The van der Waals surface area contributed by atoms with E-state index in [2.05, 4.69) is 5.32 Å². The molecule has 1 aromatic carbocycles. The van der Waals surface area contributed by atoms with Crippen molar-refractivity contribution in [2.24, 2.45) is 0 Å². The lowest BCUT2D eigenvalue weighted by molar-refractivity contribution is -0.151. The highest BCUT2D eigenvalue weighted by atomic mass is 32.2. The van der Waals surface area contributed by atoms with E-state index >= 15 is 0 Å². The number of hydrogen-bond acceptors (Lipinski definition) is 6. The summed E-state index contributed by atoms with van der Waals surface area (Å²) in [5, 5.41) is 11.3. The van der Waals surface area contributed by atoms with Crippen molar-refractivity contribution in [1.82, 2.24) is 10.2 Å². The number of benzene rings is 1. The van der Waals surface area contributed by atoms with Crippen LogP contribution in [0, 0.1) is 0 Å². The number of hydrogen-bond donors (Lipinski definition) is 2. The van der Waals surface area contributed by atoms with Crippen LogP contribution in [0.1, 0.15) is 16.8 Å². The monoisotopic (exact) mass is 376 g/mol. The molecule has 9 heteroatoms. The number of aliphatic carboxylic acids is 1. The van der Waals surface area contributed by atoms with Crippen LogP contribution < -0.4 is 5.32 Å². The van der Waals surface area contributed by atoms with Crippen LogP contribution in [0.25, 0.3) is 0 Å². The second kappa shape index (κ2) is 7.20. The van der Waals surface area contributed by atoms with Crippen molar-refractivity contribution in [3.8, 4) is 0 Å². The number of ether oxygens (including phenoxy) is 1. The molecule has 1 fully saturated rings. The Labute approximate surface area is 153 Å². The molecule has 8 nitrogen and oxygen atoms in total. The minimum Gasteiger partial charge on any atom is -0.498 e. The number of amides is 2. The van der Waals surface area contributed by atoms with E-state index in [0.717, 1.165) is 4.90 Å². The lowest BCUT2D eigenvalue weighted by atomic mass is 10.0. The third-order valence-electron chi connectivity index (χ3n) is 4.12. The summed E-state index contributed by atoms with van der Waals surface area (Å²) in [5.74, 6) is -2.23. The van der Waals surface area contributed by atoms with Crippen molar-refractivity contribution in [3.63, 3.8) is 0 Å². The molecule has 2 amide bonds. The Kier molecular flexibility index (Phi) is 4.99. The summed E-state index contributed by atoms with van der Waals surface area (Å²) in [7, 11) is 1.35. The molecule has 0 bridgehead atoms. The number of ketones is 1. The van der Waals surface area contributed by atoms with Gasteiger partial charge in [0.2, 0.25) is 5.91 Å². The van der Waals surface area contributed by atoms with Crippen LogP contribution in [-0.2, 0) is 19.1 Å². The normalized spacial score (nSPS) is 21.6. The molecule has 0 spiro atoms. The lowest BCUT2D eigenvalue weighted by Gasteiger charge is -2.48. The first-order valence-electron chi connectivity index (χ1n) is 7.76. The number of thioether (sulfide) groups is 1. The number of nitrogens with zero attached hydrogens (tertiary/aromatic N) is 1. The predicted octanol–water partition coefficient (Wildman–Crippen LogP) is 0.602. The molecule has 2 aliphatic rings. The third-order valence-corrected chi connectivity index (χ3v) is 5.37. The zero-order chi connectivity index (χ0) is 18.8. The molecule has 1 saturated heterocycles. The number of rotatable bonds is 6. The van der Waals surface area contributed by atoms with Gasteiger partial charge < -0.3 is 15.2 Å². The van der Waals surface area contributed by atoms with Gasteiger partial charge in [-0.1, -0.05) is 30.3 Å². The van der Waals surface area contributed by atoms with E-state index in [9.17, 15) is 24.3 Å². The first-order valence-corrected chi connectivity index (χ1v) is 8.81. The Morgan fingerprint density at radius 1 is 1.31 bits per heavy atom. The van der Waals surface area contributed by atoms with E-state index in [0.29, 0.717) is 5.56 Å². The topological polar surface area (TPSA) is 113 Å². The molecule has 2 aliphatic heterocycles. The van der Waals surface area contributed by atoms with Gasteiger partial charge in [-0.25, -0.2) is 4.79 Å². The molecule has 136 valence electrons. The molecular weight excluding hydrogens is 360 g/mol. The molecule has 0 saturated carbocycles. The van der Waals surface area contributed by atoms with Crippen LogP contribution in [0.2, 0.25) is 0 Å². The van der Waals surface area contributed by atoms with Crippen LogP contribution in [0.15, 0.2) is 41.8 Å². The number of carbonyl (C=O) groups is 4. The zero-order valence-corrected chi connectivity index (χ0v) is 14.6. The van der Waals surface area contributed by atoms with Gasteiger partial charge >= 0.3 is 5.97 Å². The van der Waals surface area contributed by atoms with Crippen molar-refractivity contribution in [2.45, 2.75) is 17.8 Å². The largest absolute Gasteiger partial charge is 0.498 e. The number of fused-ring (bicyclic) bond motifs is 1. The van der Waals surface area contributed by atoms with Gasteiger partial charge in [0.25, 0.3) is 5.91 Å². The highest BCUT2D eigenvalue weighted by molar-refractivity contribution is 8.00. The van der Waals surface area contributed by atoms with Crippen molar-refractivity contribution < 1.29 is 29.0 Å². The highest BCUT2D eigenvalue weighted by Gasteiger charge is 2.54. The van der Waals surface area contributed by atoms with Crippen molar-refractivity contribution >= 4 is 35.3 Å². The summed E-state index contributed by atoms with van der Waals surface area (Å²) in [6.45, 7) is 0. The highest BCUT2D eigenvalue weighted by Crippen LogP contribution is 2.40. The number of nitrogens with one attached hydrogen (secondary N) is 1. The summed E-state index contributed by atoms with van der Waals surface area (Å²) < 4.78 is 5.04. The van der Waals surface area contributed by atoms with Gasteiger partial charge in [0.15, 0.2) is 11.5 Å². The maximum atomic E-state index is 12.3. The van der Waals surface area contributed by atoms with E-state index in [1.807, 2.05) is 0 Å². The van der Waals surface area contributed by atoms with Crippen LogP contribution >= 0.6 is 11.8 Å². The lowest BCUT2D eigenvalue weighted by Crippen LogP contribution is -2.70. The van der Waals surface area contributed by atoms with Crippen LogP contribution in [0.4, 0.5) is 0 Å². The fourth-order valence-corrected chi connectivity index (χ4v) is 4.16. The molecule has 26 heavy (non-hydrogen) atoms. The van der Waals surface area contributed by atoms with Gasteiger partial charge in [-0.15, -0.1) is 11.8 Å². The molecular formula is C17H16N2O6S. The number of carboxylic acids is 1. The summed E-state index contributed by atoms with van der Waals surface area (Å²) in [5.41, 5.74) is 0.212. The van der Waals surface area contributed by atoms with Gasteiger partial charge in [0, 0.05) is 5.56 Å². The number of carbonyl (C=O) groups excluding carboxylic acids is 3. The van der Waals surface area contributed by atoms with E-state index in [-0.39, 0.29) is 29.4 Å². The van der Waals surface area contributed by atoms with Gasteiger partial charge in [-0.2, -0.15) is 0 Å². The molecule has 0 unspecified atom stereocenters. The van der Waals surface area contributed by atoms with Crippen LogP contribution in [-0.4, -0.2) is 57.9 Å². The predicted molar refractivity (Wildman–Crippen MR) is 92.1 cm³/mol. The maximum Gasteiger partial charge on any atom is 0.356 e. The second-order valence-electron chi connectivity index (χ2n) is 5.70. The molecule has 1 aromatic rings. The SMILES string of the molecule is COC1=C(C(=O)O)N2C(=O)[C@@H](NC(=O)CC(=O)c3ccccc3)[C@H]2SC1. The van der Waals surface area contributed by atoms with Gasteiger partial charge in [-0.05, 0) is 0 Å². The Balaban J connectivity index is 1.65. The van der Waals surface area contributed by atoms with Crippen LogP contribution in [0.5, 0.6) is 0 Å². The summed E-state index contributed by atoms with van der Waals surface area (Å²) in [4.78, 5) is 49.0. The van der Waals surface area contributed by atoms with Gasteiger partial charge in [0.05, 0.1) is 19.3 Å². The third kappa shape index (κ3) is 3.17. The zero-order valence-electron chi connectivity index (χ0n) is 13.8. The van der Waals surface area contributed by atoms with E-state index in [1.165, 1.54) is 18.9 Å². The second-order valence-corrected chi connectivity index (χ2v) is 6.81. The minimum atomic E-state index is -1.26. The van der Waals surface area contributed by atoms with E-state index in [1.54, 1.807) is 30.3 Å². The summed E-state index contributed by atoms with van der Waals surface area (Å²) >= 11 is 1.30. The first kappa shape index (κ1) is 18.0. The minimum absolute atomic E-state index is 0.202. The Morgan fingerprint density at radius 2 is 2.00 bits per heavy atom. The molecule has 2 N–H and O–H groups in total. The maximum absolute atomic E-state index is 12.3. The van der Waals surface area contributed by atoms with E-state index < -0.39 is 29.2 Å². The fraction of sp³-hybridized carbons (Fsp3) is 0.294. The number of methoxy groups -OCH3 is 1. The number of Topliss-reactive ketones (excluding diaryl/α,β-unsaturated/α-hetero) is 1. The fourth-order valence-electron chi connectivity index (χ4n) is 2.84. The van der Waals surface area contributed by atoms with Gasteiger partial charge in [-0.3, -0.25) is 19.3 Å². The average Bonchev–Trinajstić information content (AvgIpc) is 2.65. The molecule has 0 aliphatic carbocycles. The Bertz CT molecular complexity index is 807. The summed E-state index contributed by atoms with van der Waals surface area (Å²) in [6.07, 6.45) is -0.379. The smallest absolute Gasteiger partial charge is 0.356 e. The average molecular weight is 376 g/mol. The van der Waals surface area contributed by atoms with Crippen molar-refractivity contribution in [2.75, 3.05) is 12.9 Å². The van der Waals surface area contributed by atoms with Crippen LogP contribution in [0.3, 0.4) is 0 Å². The van der Waals surface area contributed by atoms with Crippen molar-refractivity contribution in [3.05, 3.63) is 47.4 Å². The Hall–Kier alpha value is -2.81. The summed E-state index contributed by atoms with van der Waals surface area (Å²) in [6, 6.07) is 7.52. The molecule has 0 radical (unpaired) electrons. The molecule has 2 atom stereocenters. The number of β-lactam (4-membered cyclic amide) rings is 1. The Morgan fingerprint density at radius 3 is 2.62 bits per heavy atom. The number of carboxylic acid groups (broad SMARTS) is 1. The molecule has 0 aromatic heterocycles.